The molecule has 3 nitrogen and oxygen atoms in total. The van der Waals surface area contributed by atoms with Gasteiger partial charge < -0.3 is 11.1 Å². The fourth-order valence-corrected chi connectivity index (χ4v) is 2.51. The lowest BCUT2D eigenvalue weighted by atomic mass is 9.68. The fourth-order valence-electron chi connectivity index (χ4n) is 2.51. The minimum Gasteiger partial charge on any atom is -0.329 e. The summed E-state index contributed by atoms with van der Waals surface area (Å²) in [5, 5.41) is 3.07. The van der Waals surface area contributed by atoms with Crippen molar-refractivity contribution in [2.45, 2.75) is 39.0 Å². The van der Waals surface area contributed by atoms with Crippen molar-refractivity contribution in [3.05, 3.63) is 29.8 Å². The van der Waals surface area contributed by atoms with Crippen LogP contribution >= 0.6 is 0 Å². The molecule has 0 saturated heterocycles. The molecule has 18 heavy (non-hydrogen) atoms. The van der Waals surface area contributed by atoms with E-state index in [9.17, 15) is 4.79 Å². The van der Waals surface area contributed by atoms with Crippen LogP contribution in [0, 0.1) is 5.41 Å². The van der Waals surface area contributed by atoms with E-state index in [2.05, 4.69) is 18.3 Å². The van der Waals surface area contributed by atoms with Crippen LogP contribution in [0.5, 0.6) is 0 Å². The lowest BCUT2D eigenvalue weighted by Gasteiger charge is -2.39. The molecular weight excluding hydrogens is 224 g/mol. The van der Waals surface area contributed by atoms with Crippen molar-refractivity contribution in [1.82, 2.24) is 0 Å². The van der Waals surface area contributed by atoms with Gasteiger partial charge in [-0.05, 0) is 30.9 Å². The Morgan fingerprint density at radius 3 is 2.67 bits per heavy atom. The molecule has 1 aliphatic carbocycles. The molecule has 0 unspecified atom stereocenters. The lowest BCUT2D eigenvalue weighted by Crippen LogP contribution is -2.47. The fraction of sp³-hybridized carbons (Fsp3) is 0.533. The van der Waals surface area contributed by atoms with Crippen molar-refractivity contribution in [3.63, 3.8) is 0 Å². The number of anilines is 1. The Morgan fingerprint density at radius 2 is 2.11 bits per heavy atom. The minimum atomic E-state index is -0.306. The Bertz CT molecular complexity index is 419. The molecule has 0 bridgehead atoms. The highest BCUT2D eigenvalue weighted by Gasteiger charge is 2.42. The Balaban J connectivity index is 2.11. The molecule has 2 rings (SSSR count). The van der Waals surface area contributed by atoms with E-state index in [4.69, 9.17) is 5.73 Å². The quantitative estimate of drug-likeness (QED) is 0.839. The normalized spacial score (nSPS) is 17.0. The van der Waals surface area contributed by atoms with E-state index in [-0.39, 0.29) is 11.3 Å². The summed E-state index contributed by atoms with van der Waals surface area (Å²) in [5.41, 5.74) is 7.61. The maximum Gasteiger partial charge on any atom is 0.231 e. The number of carbonyl (C=O) groups is 1. The zero-order valence-corrected chi connectivity index (χ0v) is 11.0. The monoisotopic (exact) mass is 246 g/mol. The maximum absolute atomic E-state index is 12.3. The smallest absolute Gasteiger partial charge is 0.231 e. The molecule has 1 amide bonds. The van der Waals surface area contributed by atoms with Gasteiger partial charge in [0.2, 0.25) is 5.91 Å². The van der Waals surface area contributed by atoms with Crippen molar-refractivity contribution in [3.8, 4) is 0 Å². The first-order valence-electron chi connectivity index (χ1n) is 6.81. The van der Waals surface area contributed by atoms with Gasteiger partial charge in [-0.2, -0.15) is 0 Å². The van der Waals surface area contributed by atoms with Gasteiger partial charge in [-0.25, -0.2) is 0 Å². The van der Waals surface area contributed by atoms with Gasteiger partial charge in [0.05, 0.1) is 5.41 Å². The Morgan fingerprint density at radius 1 is 1.39 bits per heavy atom. The third kappa shape index (κ3) is 2.41. The van der Waals surface area contributed by atoms with Gasteiger partial charge in [-0.3, -0.25) is 4.79 Å². The van der Waals surface area contributed by atoms with Crippen LogP contribution in [0.1, 0.15) is 38.2 Å². The van der Waals surface area contributed by atoms with Crippen LogP contribution in [0.25, 0.3) is 0 Å². The third-order valence-electron chi connectivity index (χ3n) is 3.97. The van der Waals surface area contributed by atoms with Crippen LogP contribution in [-0.2, 0) is 11.2 Å². The highest BCUT2D eigenvalue weighted by atomic mass is 16.2. The van der Waals surface area contributed by atoms with Crippen LogP contribution in [0.15, 0.2) is 24.3 Å². The van der Waals surface area contributed by atoms with Gasteiger partial charge in [0.15, 0.2) is 0 Å². The number of nitrogens with one attached hydrogen (secondary N) is 1. The van der Waals surface area contributed by atoms with Crippen molar-refractivity contribution >= 4 is 11.6 Å². The van der Waals surface area contributed by atoms with E-state index < -0.39 is 0 Å². The van der Waals surface area contributed by atoms with Gasteiger partial charge in [0.1, 0.15) is 0 Å². The molecule has 1 aromatic carbocycles. The molecule has 0 aliphatic heterocycles. The van der Waals surface area contributed by atoms with E-state index in [0.717, 1.165) is 37.8 Å². The summed E-state index contributed by atoms with van der Waals surface area (Å²) in [6.07, 6.45) is 5.03. The summed E-state index contributed by atoms with van der Waals surface area (Å²) < 4.78 is 0. The molecule has 98 valence electrons. The molecule has 0 radical (unpaired) electrons. The number of carbonyl (C=O) groups excluding carboxylic acids is 1. The Kier molecular flexibility index (Phi) is 4.02. The molecule has 0 aromatic heterocycles. The van der Waals surface area contributed by atoms with E-state index in [0.29, 0.717) is 6.54 Å². The lowest BCUT2D eigenvalue weighted by molar-refractivity contribution is -0.129. The molecule has 0 heterocycles. The average Bonchev–Trinajstić information content (AvgIpc) is 2.31. The molecule has 1 aromatic rings. The summed E-state index contributed by atoms with van der Waals surface area (Å²) >= 11 is 0. The van der Waals surface area contributed by atoms with E-state index in [1.807, 2.05) is 18.2 Å². The summed E-state index contributed by atoms with van der Waals surface area (Å²) in [7, 11) is 0. The first-order chi connectivity index (χ1) is 8.72. The van der Waals surface area contributed by atoms with Crippen LogP contribution < -0.4 is 11.1 Å². The highest BCUT2D eigenvalue weighted by molar-refractivity contribution is 5.96. The second kappa shape index (κ2) is 5.53. The second-order valence-corrected chi connectivity index (χ2v) is 5.20. The number of nitrogens with two attached hydrogens (primary N) is 1. The van der Waals surface area contributed by atoms with Gasteiger partial charge in [0, 0.05) is 12.2 Å². The maximum atomic E-state index is 12.3. The predicted octanol–water partition coefficient (Wildman–Crippen LogP) is 2.71. The van der Waals surface area contributed by atoms with Crippen LogP contribution in [-0.4, -0.2) is 12.5 Å². The number of benzene rings is 1. The number of aryl methyl sites for hydroxylation is 1. The Labute approximate surface area is 109 Å². The first-order valence-corrected chi connectivity index (χ1v) is 6.81. The van der Waals surface area contributed by atoms with Crippen molar-refractivity contribution in [2.75, 3.05) is 11.9 Å². The molecule has 3 heteroatoms. The zero-order valence-electron chi connectivity index (χ0n) is 11.0. The van der Waals surface area contributed by atoms with Crippen LogP contribution in [0.3, 0.4) is 0 Å². The summed E-state index contributed by atoms with van der Waals surface area (Å²) in [4.78, 5) is 12.3. The summed E-state index contributed by atoms with van der Waals surface area (Å²) in [5.74, 6) is 0.0970. The largest absolute Gasteiger partial charge is 0.329 e. The molecule has 1 fully saturated rings. The van der Waals surface area contributed by atoms with Gasteiger partial charge >= 0.3 is 0 Å². The number of rotatable bonds is 5. The first kappa shape index (κ1) is 13.1. The van der Waals surface area contributed by atoms with E-state index in [1.54, 1.807) is 0 Å². The zero-order chi connectivity index (χ0) is 13.0. The van der Waals surface area contributed by atoms with Crippen LogP contribution in [0.4, 0.5) is 5.69 Å². The van der Waals surface area contributed by atoms with Crippen molar-refractivity contribution in [2.24, 2.45) is 11.1 Å². The molecule has 3 N–H and O–H groups in total. The van der Waals surface area contributed by atoms with E-state index >= 15 is 0 Å². The molecule has 1 saturated carbocycles. The van der Waals surface area contributed by atoms with Gasteiger partial charge in [-0.1, -0.05) is 38.0 Å². The predicted molar refractivity (Wildman–Crippen MR) is 74.4 cm³/mol. The number of para-hydroxylation sites is 1. The molecular formula is C15H22N2O. The number of hydrogen-bond acceptors (Lipinski definition) is 2. The summed E-state index contributed by atoms with van der Waals surface area (Å²) in [6.45, 7) is 2.60. The molecule has 0 spiro atoms. The number of amides is 1. The summed E-state index contributed by atoms with van der Waals surface area (Å²) in [6, 6.07) is 8.04. The number of hydrogen-bond donors (Lipinski definition) is 2. The van der Waals surface area contributed by atoms with Crippen molar-refractivity contribution in [1.29, 1.82) is 0 Å². The Hall–Kier alpha value is -1.35. The average molecular weight is 246 g/mol. The topological polar surface area (TPSA) is 55.1 Å². The standard InChI is InChI=1S/C15H22N2O/c1-2-6-12-7-3-4-8-13(12)17-14(18)15(11-16)9-5-10-15/h3-4,7-8H,2,5-6,9-11,16H2,1H3,(H,17,18). The SMILES string of the molecule is CCCc1ccccc1NC(=O)C1(CN)CCC1. The van der Waals surface area contributed by atoms with Crippen molar-refractivity contribution < 1.29 is 4.79 Å². The van der Waals surface area contributed by atoms with Gasteiger partial charge in [0.25, 0.3) is 0 Å². The highest BCUT2D eigenvalue weighted by Crippen LogP contribution is 2.41. The van der Waals surface area contributed by atoms with E-state index in [1.165, 1.54) is 5.56 Å². The molecule has 0 atom stereocenters. The van der Waals surface area contributed by atoms with Crippen LogP contribution in [0.2, 0.25) is 0 Å². The minimum absolute atomic E-state index is 0.0970. The van der Waals surface area contributed by atoms with Gasteiger partial charge in [-0.15, -0.1) is 0 Å². The second-order valence-electron chi connectivity index (χ2n) is 5.20. The third-order valence-corrected chi connectivity index (χ3v) is 3.97. The molecule has 1 aliphatic rings.